The molecule has 0 spiro atoms. The minimum Gasteiger partial charge on any atom is -0.497 e. The average molecular weight is 389 g/mol. The normalized spacial score (nSPS) is 15.7. The number of ether oxygens (including phenoxy) is 2. The van der Waals surface area contributed by atoms with Crippen molar-refractivity contribution in [1.82, 2.24) is 9.97 Å². The molecule has 1 atom stereocenters. The number of nitrogens with zero attached hydrogens (tertiary/aromatic N) is 2. The molecule has 1 unspecified atom stereocenters. The molecule has 2 aromatic carbocycles. The summed E-state index contributed by atoms with van der Waals surface area (Å²) in [4.78, 5) is 10.0. The zero-order valence-electron chi connectivity index (χ0n) is 15.4. The van der Waals surface area contributed by atoms with Gasteiger partial charge in [0.05, 0.1) is 25.1 Å². The van der Waals surface area contributed by atoms with Crippen molar-refractivity contribution >= 4 is 27.4 Å². The standard InChI is InChI=1S/C22H19N3O2S/c1-26-15-8-6-14(7-9-15)17-12-28-22-20(17)21(23-13-24-22)25-18-10-11-27-19-5-3-2-4-16(18)19/h2-9,12-13,18H,10-11H2,1H3,(H,23,24,25). The Kier molecular flexibility index (Phi) is 4.33. The first-order valence-electron chi connectivity index (χ1n) is 9.18. The number of benzene rings is 2. The lowest BCUT2D eigenvalue weighted by molar-refractivity contribution is 0.274. The van der Waals surface area contributed by atoms with E-state index in [9.17, 15) is 0 Å². The van der Waals surface area contributed by atoms with Crippen molar-refractivity contribution in [3.05, 3.63) is 65.8 Å². The van der Waals surface area contributed by atoms with Crippen molar-refractivity contribution in [3.63, 3.8) is 0 Å². The quantitative estimate of drug-likeness (QED) is 0.513. The van der Waals surface area contributed by atoms with Gasteiger partial charge < -0.3 is 14.8 Å². The van der Waals surface area contributed by atoms with Crippen molar-refractivity contribution in [2.45, 2.75) is 12.5 Å². The molecule has 1 aliphatic heterocycles. The maximum Gasteiger partial charge on any atom is 0.139 e. The van der Waals surface area contributed by atoms with Crippen LogP contribution in [0.1, 0.15) is 18.0 Å². The molecule has 0 bridgehead atoms. The van der Waals surface area contributed by atoms with Crippen LogP contribution in [0.5, 0.6) is 11.5 Å². The Morgan fingerprint density at radius 3 is 2.82 bits per heavy atom. The summed E-state index contributed by atoms with van der Waals surface area (Å²) in [5.41, 5.74) is 3.42. The minimum absolute atomic E-state index is 0.159. The van der Waals surface area contributed by atoms with Gasteiger partial charge in [-0.05, 0) is 23.8 Å². The van der Waals surface area contributed by atoms with Crippen LogP contribution in [0.2, 0.25) is 0 Å². The lowest BCUT2D eigenvalue weighted by Crippen LogP contribution is -2.20. The van der Waals surface area contributed by atoms with Crippen LogP contribution < -0.4 is 14.8 Å². The van der Waals surface area contributed by atoms with Gasteiger partial charge in [-0.2, -0.15) is 0 Å². The fraction of sp³-hybridized carbons (Fsp3) is 0.182. The topological polar surface area (TPSA) is 56.3 Å². The van der Waals surface area contributed by atoms with Crippen LogP contribution in [0.3, 0.4) is 0 Å². The average Bonchev–Trinajstić information content (AvgIpc) is 3.19. The highest BCUT2D eigenvalue weighted by atomic mass is 32.1. The van der Waals surface area contributed by atoms with Gasteiger partial charge >= 0.3 is 0 Å². The van der Waals surface area contributed by atoms with Crippen LogP contribution in [-0.2, 0) is 0 Å². The molecule has 1 N–H and O–H groups in total. The number of anilines is 1. The van der Waals surface area contributed by atoms with Crippen molar-refractivity contribution in [2.24, 2.45) is 0 Å². The number of nitrogens with one attached hydrogen (secondary N) is 1. The van der Waals surface area contributed by atoms with E-state index in [-0.39, 0.29) is 6.04 Å². The minimum atomic E-state index is 0.159. The number of aromatic nitrogens is 2. The fourth-order valence-corrected chi connectivity index (χ4v) is 4.54. The third kappa shape index (κ3) is 2.96. The Labute approximate surface area is 167 Å². The molecular weight excluding hydrogens is 370 g/mol. The molecule has 2 aromatic heterocycles. The Morgan fingerprint density at radius 1 is 1.11 bits per heavy atom. The van der Waals surface area contributed by atoms with Gasteiger partial charge in [0.25, 0.3) is 0 Å². The van der Waals surface area contributed by atoms with Gasteiger partial charge in [0.1, 0.15) is 28.5 Å². The Morgan fingerprint density at radius 2 is 1.96 bits per heavy atom. The number of rotatable bonds is 4. The molecule has 0 saturated heterocycles. The lowest BCUT2D eigenvalue weighted by Gasteiger charge is -2.27. The second kappa shape index (κ2) is 7.13. The molecule has 0 fully saturated rings. The van der Waals surface area contributed by atoms with E-state index in [4.69, 9.17) is 9.47 Å². The summed E-state index contributed by atoms with van der Waals surface area (Å²) in [6.45, 7) is 0.692. The summed E-state index contributed by atoms with van der Waals surface area (Å²) < 4.78 is 11.1. The molecule has 6 heteroatoms. The monoisotopic (exact) mass is 389 g/mol. The zero-order valence-corrected chi connectivity index (χ0v) is 16.2. The highest BCUT2D eigenvalue weighted by Crippen LogP contribution is 2.40. The number of para-hydroxylation sites is 1. The number of fused-ring (bicyclic) bond motifs is 2. The summed E-state index contributed by atoms with van der Waals surface area (Å²) in [6, 6.07) is 16.4. The van der Waals surface area contributed by atoms with Crippen molar-refractivity contribution in [1.29, 1.82) is 0 Å². The maximum absolute atomic E-state index is 5.80. The Hall–Kier alpha value is -3.12. The van der Waals surface area contributed by atoms with E-state index in [0.717, 1.165) is 45.1 Å². The van der Waals surface area contributed by atoms with Crippen LogP contribution in [0.25, 0.3) is 21.3 Å². The van der Waals surface area contributed by atoms with E-state index in [1.807, 2.05) is 30.3 Å². The highest BCUT2D eigenvalue weighted by Gasteiger charge is 2.23. The molecule has 0 radical (unpaired) electrons. The predicted molar refractivity (Wildman–Crippen MR) is 112 cm³/mol. The van der Waals surface area contributed by atoms with E-state index < -0.39 is 0 Å². The van der Waals surface area contributed by atoms with Gasteiger partial charge in [-0.25, -0.2) is 9.97 Å². The lowest BCUT2D eigenvalue weighted by atomic mass is 10.00. The zero-order chi connectivity index (χ0) is 18.9. The van der Waals surface area contributed by atoms with E-state index in [2.05, 4.69) is 38.9 Å². The van der Waals surface area contributed by atoms with Gasteiger partial charge in [-0.3, -0.25) is 0 Å². The van der Waals surface area contributed by atoms with Crippen LogP contribution in [0.4, 0.5) is 5.82 Å². The molecule has 0 aliphatic carbocycles. The van der Waals surface area contributed by atoms with Crippen LogP contribution in [0.15, 0.2) is 60.2 Å². The molecule has 28 heavy (non-hydrogen) atoms. The molecule has 1 aliphatic rings. The molecular formula is C22H19N3O2S. The van der Waals surface area contributed by atoms with Gasteiger partial charge in [-0.1, -0.05) is 30.3 Å². The molecule has 5 rings (SSSR count). The van der Waals surface area contributed by atoms with Crippen molar-refractivity contribution in [2.75, 3.05) is 19.0 Å². The summed E-state index contributed by atoms with van der Waals surface area (Å²) in [5, 5.41) is 6.85. The molecule has 0 saturated carbocycles. The first-order chi connectivity index (χ1) is 13.8. The number of thiophene rings is 1. The predicted octanol–water partition coefficient (Wildman–Crippen LogP) is 5.30. The van der Waals surface area contributed by atoms with Crippen LogP contribution in [-0.4, -0.2) is 23.7 Å². The van der Waals surface area contributed by atoms with Gasteiger partial charge in [-0.15, -0.1) is 11.3 Å². The van der Waals surface area contributed by atoms with Crippen molar-refractivity contribution in [3.8, 4) is 22.6 Å². The first kappa shape index (κ1) is 17.0. The van der Waals surface area contributed by atoms with Crippen molar-refractivity contribution < 1.29 is 9.47 Å². The molecule has 0 amide bonds. The van der Waals surface area contributed by atoms with Gasteiger partial charge in [0.15, 0.2) is 0 Å². The summed E-state index contributed by atoms with van der Waals surface area (Å²) in [6.07, 6.45) is 2.52. The molecule has 4 aromatic rings. The second-order valence-corrected chi connectivity index (χ2v) is 7.51. The molecule has 5 nitrogen and oxygen atoms in total. The van der Waals surface area contributed by atoms with Crippen LogP contribution in [0, 0.1) is 0 Å². The number of methoxy groups -OCH3 is 1. The largest absolute Gasteiger partial charge is 0.497 e. The van der Waals surface area contributed by atoms with E-state index in [0.29, 0.717) is 6.61 Å². The SMILES string of the molecule is COc1ccc(-c2csc3ncnc(NC4CCOc5ccccc54)c23)cc1. The van der Waals surface area contributed by atoms with E-state index in [1.165, 1.54) is 5.56 Å². The molecule has 3 heterocycles. The van der Waals surface area contributed by atoms with E-state index in [1.54, 1.807) is 24.8 Å². The van der Waals surface area contributed by atoms with E-state index >= 15 is 0 Å². The summed E-state index contributed by atoms with van der Waals surface area (Å²) in [7, 11) is 1.68. The Balaban J connectivity index is 1.56. The fourth-order valence-electron chi connectivity index (χ4n) is 3.62. The number of hydrogen-bond donors (Lipinski definition) is 1. The first-order valence-corrected chi connectivity index (χ1v) is 10.1. The second-order valence-electron chi connectivity index (χ2n) is 6.65. The van der Waals surface area contributed by atoms with Crippen LogP contribution >= 0.6 is 11.3 Å². The Bertz CT molecular complexity index is 1120. The molecule has 140 valence electrons. The van der Waals surface area contributed by atoms with Gasteiger partial charge in [0, 0.05) is 22.9 Å². The number of hydrogen-bond acceptors (Lipinski definition) is 6. The summed E-state index contributed by atoms with van der Waals surface area (Å²) in [5.74, 6) is 2.65. The third-order valence-electron chi connectivity index (χ3n) is 5.04. The van der Waals surface area contributed by atoms with Gasteiger partial charge in [0.2, 0.25) is 0 Å². The maximum atomic E-state index is 5.80. The third-order valence-corrected chi connectivity index (χ3v) is 5.93. The smallest absolute Gasteiger partial charge is 0.139 e. The summed E-state index contributed by atoms with van der Waals surface area (Å²) >= 11 is 1.63. The highest BCUT2D eigenvalue weighted by molar-refractivity contribution is 7.17.